The summed E-state index contributed by atoms with van der Waals surface area (Å²) in [5.74, 6) is 2.48. The maximum absolute atomic E-state index is 11.5. The average Bonchev–Trinajstić information content (AvgIpc) is 2.82. The van der Waals surface area contributed by atoms with Gasteiger partial charge >= 0.3 is 0 Å². The molecule has 0 aliphatic carbocycles. The van der Waals surface area contributed by atoms with Crippen LogP contribution in [0.2, 0.25) is 0 Å². The molecule has 1 unspecified atom stereocenters. The standard InChI is InChI=1S/C14H23N5O/c1-9(2)12-17-10(16-4)7-11(18-12)19-6-5-14(3,8-19)13(15)20/h7,9H,5-6,8H2,1-4H3,(H2,15,20)(H,16,17,18). The van der Waals surface area contributed by atoms with Crippen molar-refractivity contribution in [2.24, 2.45) is 11.1 Å². The first-order valence-electron chi connectivity index (χ1n) is 6.97. The van der Waals surface area contributed by atoms with E-state index in [1.54, 1.807) is 0 Å². The molecule has 0 saturated carbocycles. The van der Waals surface area contributed by atoms with Crippen molar-refractivity contribution in [1.29, 1.82) is 0 Å². The zero-order valence-corrected chi connectivity index (χ0v) is 12.6. The summed E-state index contributed by atoms with van der Waals surface area (Å²) in [6.45, 7) is 7.45. The summed E-state index contributed by atoms with van der Waals surface area (Å²) in [5, 5.41) is 3.06. The highest BCUT2D eigenvalue weighted by molar-refractivity contribution is 5.82. The number of nitrogens with zero attached hydrogens (tertiary/aromatic N) is 3. The highest BCUT2D eigenvalue weighted by Crippen LogP contribution is 2.33. The monoisotopic (exact) mass is 277 g/mol. The Bertz CT molecular complexity index is 516. The van der Waals surface area contributed by atoms with Crippen LogP contribution in [0, 0.1) is 5.41 Å². The van der Waals surface area contributed by atoms with Crippen molar-refractivity contribution in [2.45, 2.75) is 33.1 Å². The molecule has 1 fully saturated rings. The van der Waals surface area contributed by atoms with Crippen LogP contribution in [0.1, 0.15) is 38.9 Å². The second kappa shape index (κ2) is 5.26. The lowest BCUT2D eigenvalue weighted by Crippen LogP contribution is -2.37. The predicted octanol–water partition coefficient (Wildman–Crippen LogP) is 1.34. The van der Waals surface area contributed by atoms with Gasteiger partial charge in [-0.15, -0.1) is 0 Å². The second-order valence-electron chi connectivity index (χ2n) is 5.97. The normalized spacial score (nSPS) is 22.4. The lowest BCUT2D eigenvalue weighted by Gasteiger charge is -2.22. The number of nitrogens with one attached hydrogen (secondary N) is 1. The van der Waals surface area contributed by atoms with Crippen LogP contribution in [0.4, 0.5) is 11.6 Å². The van der Waals surface area contributed by atoms with Crippen LogP contribution in [0.5, 0.6) is 0 Å². The Hall–Kier alpha value is -1.85. The third-order valence-electron chi connectivity index (χ3n) is 3.89. The molecular formula is C14H23N5O. The van der Waals surface area contributed by atoms with Crippen LogP contribution in [0.25, 0.3) is 0 Å². The van der Waals surface area contributed by atoms with Gasteiger partial charge in [0.25, 0.3) is 0 Å². The summed E-state index contributed by atoms with van der Waals surface area (Å²) in [6, 6.07) is 1.92. The molecule has 1 atom stereocenters. The molecule has 6 heteroatoms. The summed E-state index contributed by atoms with van der Waals surface area (Å²) in [6.07, 6.45) is 0.762. The Labute approximate surface area is 119 Å². The van der Waals surface area contributed by atoms with Gasteiger partial charge in [-0.2, -0.15) is 0 Å². The van der Waals surface area contributed by atoms with Crippen LogP contribution >= 0.6 is 0 Å². The van der Waals surface area contributed by atoms with E-state index < -0.39 is 5.41 Å². The summed E-state index contributed by atoms with van der Waals surface area (Å²) < 4.78 is 0. The molecule has 110 valence electrons. The van der Waals surface area contributed by atoms with Crippen molar-refractivity contribution in [3.05, 3.63) is 11.9 Å². The Morgan fingerprint density at radius 1 is 1.50 bits per heavy atom. The zero-order chi connectivity index (χ0) is 14.9. The van der Waals surface area contributed by atoms with Gasteiger partial charge in [0, 0.05) is 32.1 Å². The van der Waals surface area contributed by atoms with Crippen LogP contribution in [0.3, 0.4) is 0 Å². The zero-order valence-electron chi connectivity index (χ0n) is 12.6. The Morgan fingerprint density at radius 3 is 2.70 bits per heavy atom. The molecule has 6 nitrogen and oxygen atoms in total. The highest BCUT2D eigenvalue weighted by atomic mass is 16.1. The molecule has 1 aromatic heterocycles. The predicted molar refractivity (Wildman–Crippen MR) is 79.8 cm³/mol. The van der Waals surface area contributed by atoms with E-state index in [1.165, 1.54) is 0 Å². The molecule has 1 aromatic rings. The summed E-state index contributed by atoms with van der Waals surface area (Å²) in [4.78, 5) is 22.7. The number of carbonyl (C=O) groups is 1. The maximum atomic E-state index is 11.5. The number of hydrogen-bond donors (Lipinski definition) is 2. The number of rotatable bonds is 4. The van der Waals surface area contributed by atoms with Crippen LogP contribution in [-0.2, 0) is 4.79 Å². The van der Waals surface area contributed by atoms with E-state index in [9.17, 15) is 4.79 Å². The summed E-state index contributed by atoms with van der Waals surface area (Å²) in [5.41, 5.74) is 5.03. The van der Waals surface area contributed by atoms with Crippen molar-refractivity contribution in [3.63, 3.8) is 0 Å². The number of nitrogens with two attached hydrogens (primary N) is 1. The SMILES string of the molecule is CNc1cc(N2CCC(C)(C(N)=O)C2)nc(C(C)C)n1. The quantitative estimate of drug-likeness (QED) is 0.867. The molecule has 1 aliphatic heterocycles. The first-order valence-corrected chi connectivity index (χ1v) is 6.97. The number of primary amides is 1. The van der Waals surface area contributed by atoms with Crippen molar-refractivity contribution in [1.82, 2.24) is 9.97 Å². The van der Waals surface area contributed by atoms with Crippen LogP contribution < -0.4 is 16.0 Å². The van der Waals surface area contributed by atoms with E-state index in [2.05, 4.69) is 34.0 Å². The number of aromatic nitrogens is 2. The molecule has 0 radical (unpaired) electrons. The van der Waals surface area contributed by atoms with Crippen molar-refractivity contribution in [3.8, 4) is 0 Å². The van der Waals surface area contributed by atoms with E-state index in [0.29, 0.717) is 6.54 Å². The largest absolute Gasteiger partial charge is 0.373 e. The third-order valence-corrected chi connectivity index (χ3v) is 3.89. The van der Waals surface area contributed by atoms with E-state index in [0.717, 1.165) is 30.4 Å². The van der Waals surface area contributed by atoms with E-state index in [1.807, 2.05) is 20.0 Å². The number of hydrogen-bond acceptors (Lipinski definition) is 5. The second-order valence-corrected chi connectivity index (χ2v) is 5.97. The maximum Gasteiger partial charge on any atom is 0.225 e. The van der Waals surface area contributed by atoms with E-state index in [-0.39, 0.29) is 11.8 Å². The number of amides is 1. The van der Waals surface area contributed by atoms with E-state index in [4.69, 9.17) is 5.73 Å². The highest BCUT2D eigenvalue weighted by Gasteiger charge is 2.39. The minimum atomic E-state index is -0.469. The molecule has 3 N–H and O–H groups in total. The Kier molecular flexibility index (Phi) is 3.83. The summed E-state index contributed by atoms with van der Waals surface area (Å²) >= 11 is 0. The smallest absolute Gasteiger partial charge is 0.225 e. The lowest BCUT2D eigenvalue weighted by molar-refractivity contribution is -0.125. The molecule has 1 amide bonds. The first-order chi connectivity index (χ1) is 9.35. The molecule has 20 heavy (non-hydrogen) atoms. The van der Waals surface area contributed by atoms with Gasteiger partial charge in [-0.1, -0.05) is 13.8 Å². The molecule has 1 aliphatic rings. The van der Waals surface area contributed by atoms with Gasteiger partial charge in [0.1, 0.15) is 17.5 Å². The average molecular weight is 277 g/mol. The lowest BCUT2D eigenvalue weighted by atomic mass is 9.89. The van der Waals surface area contributed by atoms with Crippen molar-refractivity contribution in [2.75, 3.05) is 30.4 Å². The van der Waals surface area contributed by atoms with Gasteiger partial charge in [-0.05, 0) is 13.3 Å². The molecule has 2 heterocycles. The fourth-order valence-electron chi connectivity index (χ4n) is 2.36. The van der Waals surface area contributed by atoms with Gasteiger partial charge in [0.05, 0.1) is 5.41 Å². The first kappa shape index (κ1) is 14.6. The molecule has 2 rings (SSSR count). The minimum absolute atomic E-state index is 0.244. The third kappa shape index (κ3) is 2.69. The van der Waals surface area contributed by atoms with E-state index >= 15 is 0 Å². The van der Waals surface area contributed by atoms with Crippen LogP contribution in [-0.4, -0.2) is 36.0 Å². The fourth-order valence-corrected chi connectivity index (χ4v) is 2.36. The number of carbonyl (C=O) groups excluding carboxylic acids is 1. The number of anilines is 2. The van der Waals surface area contributed by atoms with Crippen LogP contribution in [0.15, 0.2) is 6.07 Å². The minimum Gasteiger partial charge on any atom is -0.373 e. The molecule has 0 spiro atoms. The summed E-state index contributed by atoms with van der Waals surface area (Å²) in [7, 11) is 1.84. The molecule has 1 saturated heterocycles. The fraction of sp³-hybridized carbons (Fsp3) is 0.643. The molecule has 0 bridgehead atoms. The topological polar surface area (TPSA) is 84.1 Å². The van der Waals surface area contributed by atoms with Gasteiger partial charge in [-0.3, -0.25) is 4.79 Å². The van der Waals surface area contributed by atoms with Gasteiger partial charge in [-0.25, -0.2) is 9.97 Å². The van der Waals surface area contributed by atoms with Gasteiger partial charge in [0.2, 0.25) is 5.91 Å². The van der Waals surface area contributed by atoms with Gasteiger partial charge < -0.3 is 16.0 Å². The molecule has 0 aromatic carbocycles. The van der Waals surface area contributed by atoms with Crippen molar-refractivity contribution >= 4 is 17.5 Å². The Morgan fingerprint density at radius 2 is 2.20 bits per heavy atom. The van der Waals surface area contributed by atoms with Crippen molar-refractivity contribution < 1.29 is 4.79 Å². The van der Waals surface area contributed by atoms with Gasteiger partial charge in [0.15, 0.2) is 0 Å². The molecular weight excluding hydrogens is 254 g/mol. The Balaban J connectivity index is 2.30.